The zero-order valence-electron chi connectivity index (χ0n) is 16.0. The quantitative estimate of drug-likeness (QED) is 0.768. The zero-order chi connectivity index (χ0) is 19.1. The molecule has 1 aromatic rings. The van der Waals surface area contributed by atoms with Crippen LogP contribution < -0.4 is 0 Å². The predicted octanol–water partition coefficient (Wildman–Crippen LogP) is 2.40. The van der Waals surface area contributed by atoms with Gasteiger partial charge in [0.1, 0.15) is 5.82 Å². The lowest BCUT2D eigenvalue weighted by Crippen LogP contribution is -2.50. The van der Waals surface area contributed by atoms with E-state index in [1.807, 2.05) is 6.92 Å². The van der Waals surface area contributed by atoms with E-state index >= 15 is 0 Å². The number of amides is 1. The molecule has 1 heterocycles. The van der Waals surface area contributed by atoms with Crippen molar-refractivity contribution in [2.75, 3.05) is 39.3 Å². The van der Waals surface area contributed by atoms with E-state index in [1.54, 1.807) is 4.90 Å². The third-order valence-electron chi connectivity index (χ3n) is 4.55. The second kappa shape index (κ2) is 10.00. The Balaban J connectivity index is 2.02. The van der Waals surface area contributed by atoms with Crippen LogP contribution in [0.5, 0.6) is 0 Å². The van der Waals surface area contributed by atoms with Crippen molar-refractivity contribution in [1.29, 1.82) is 0 Å². The molecule has 1 fully saturated rings. The van der Waals surface area contributed by atoms with Crippen LogP contribution in [-0.4, -0.2) is 72.4 Å². The average Bonchev–Trinajstić information content (AvgIpc) is 2.61. The number of nitrogens with zero attached hydrogens (tertiary/aromatic N) is 2. The highest BCUT2D eigenvalue weighted by Crippen LogP contribution is 2.14. The molecule has 0 spiro atoms. The molecule has 1 saturated heterocycles. The van der Waals surface area contributed by atoms with Crippen LogP contribution in [-0.2, 0) is 4.74 Å². The maximum absolute atomic E-state index is 13.1. The Morgan fingerprint density at radius 3 is 2.69 bits per heavy atom. The predicted molar refractivity (Wildman–Crippen MR) is 99.6 cm³/mol. The molecular weight excluding hydrogens is 335 g/mol. The molecule has 6 heteroatoms. The molecule has 0 saturated carbocycles. The lowest BCUT2D eigenvalue weighted by atomic mass is 10.1. The number of hydrogen-bond acceptors (Lipinski definition) is 4. The van der Waals surface area contributed by atoms with E-state index in [0.717, 1.165) is 13.0 Å². The van der Waals surface area contributed by atoms with E-state index in [1.165, 1.54) is 24.3 Å². The van der Waals surface area contributed by atoms with Gasteiger partial charge in [-0.2, -0.15) is 0 Å². The SMILES string of the molecule is CC[C@H](O)CN1CCO[C@@H](CN(CC(C)C)C(=O)c2ccc(F)cc2)C1. The first-order valence-electron chi connectivity index (χ1n) is 9.45. The van der Waals surface area contributed by atoms with Crippen molar-refractivity contribution in [3.8, 4) is 0 Å². The number of aliphatic hydroxyl groups is 1. The van der Waals surface area contributed by atoms with Crippen LogP contribution in [0.15, 0.2) is 24.3 Å². The summed E-state index contributed by atoms with van der Waals surface area (Å²) in [6.45, 7) is 9.93. The number of halogens is 1. The summed E-state index contributed by atoms with van der Waals surface area (Å²) in [6.07, 6.45) is 0.308. The molecule has 1 aliphatic rings. The van der Waals surface area contributed by atoms with Crippen LogP contribution in [0.4, 0.5) is 4.39 Å². The number of ether oxygens (including phenoxy) is 1. The molecule has 0 aliphatic carbocycles. The molecule has 0 radical (unpaired) electrons. The van der Waals surface area contributed by atoms with Crippen molar-refractivity contribution in [1.82, 2.24) is 9.80 Å². The molecule has 26 heavy (non-hydrogen) atoms. The molecule has 0 unspecified atom stereocenters. The molecule has 2 rings (SSSR count). The van der Waals surface area contributed by atoms with Crippen LogP contribution in [0, 0.1) is 11.7 Å². The minimum absolute atomic E-state index is 0.0871. The largest absolute Gasteiger partial charge is 0.392 e. The second-order valence-electron chi connectivity index (χ2n) is 7.43. The van der Waals surface area contributed by atoms with Crippen molar-refractivity contribution in [2.45, 2.75) is 39.4 Å². The number of carbonyl (C=O) groups is 1. The molecule has 2 atom stereocenters. The minimum atomic E-state index is -0.349. The first-order valence-corrected chi connectivity index (χ1v) is 9.45. The van der Waals surface area contributed by atoms with Gasteiger partial charge < -0.3 is 14.7 Å². The summed E-state index contributed by atoms with van der Waals surface area (Å²) >= 11 is 0. The topological polar surface area (TPSA) is 53.0 Å². The fourth-order valence-electron chi connectivity index (χ4n) is 3.19. The molecular formula is C20H31FN2O3. The van der Waals surface area contributed by atoms with Crippen molar-refractivity contribution >= 4 is 5.91 Å². The van der Waals surface area contributed by atoms with Gasteiger partial charge in [0.2, 0.25) is 0 Å². The normalized spacial score (nSPS) is 19.5. The van der Waals surface area contributed by atoms with Gasteiger partial charge in [0.25, 0.3) is 5.91 Å². The zero-order valence-corrected chi connectivity index (χ0v) is 16.0. The Morgan fingerprint density at radius 1 is 1.38 bits per heavy atom. The molecule has 0 bridgehead atoms. The Bertz CT molecular complexity index is 565. The van der Waals surface area contributed by atoms with Gasteiger partial charge in [-0.3, -0.25) is 9.69 Å². The summed E-state index contributed by atoms with van der Waals surface area (Å²) in [7, 11) is 0. The first kappa shape index (κ1) is 20.8. The van der Waals surface area contributed by atoms with Crippen LogP contribution in [0.25, 0.3) is 0 Å². The maximum Gasteiger partial charge on any atom is 0.253 e. The summed E-state index contributed by atoms with van der Waals surface area (Å²) < 4.78 is 19.0. The van der Waals surface area contributed by atoms with Gasteiger partial charge in [0.15, 0.2) is 0 Å². The number of rotatable bonds is 8. The average molecular weight is 366 g/mol. The fourth-order valence-corrected chi connectivity index (χ4v) is 3.19. The van der Waals surface area contributed by atoms with E-state index in [9.17, 15) is 14.3 Å². The van der Waals surface area contributed by atoms with Gasteiger partial charge in [-0.05, 0) is 36.6 Å². The number of benzene rings is 1. The lowest BCUT2D eigenvalue weighted by Gasteiger charge is -2.37. The van der Waals surface area contributed by atoms with Crippen molar-refractivity contribution < 1.29 is 19.0 Å². The van der Waals surface area contributed by atoms with Gasteiger partial charge >= 0.3 is 0 Å². The van der Waals surface area contributed by atoms with Crippen LogP contribution >= 0.6 is 0 Å². The minimum Gasteiger partial charge on any atom is -0.392 e. The summed E-state index contributed by atoms with van der Waals surface area (Å²) in [5, 5.41) is 9.88. The van der Waals surface area contributed by atoms with E-state index in [4.69, 9.17) is 4.74 Å². The number of morpholine rings is 1. The summed E-state index contributed by atoms with van der Waals surface area (Å²) in [5.41, 5.74) is 0.487. The lowest BCUT2D eigenvalue weighted by molar-refractivity contribution is -0.0513. The highest BCUT2D eigenvalue weighted by atomic mass is 19.1. The smallest absolute Gasteiger partial charge is 0.253 e. The number of aliphatic hydroxyl groups excluding tert-OH is 1. The van der Waals surface area contributed by atoms with Gasteiger partial charge in [-0.15, -0.1) is 0 Å². The van der Waals surface area contributed by atoms with E-state index in [2.05, 4.69) is 18.7 Å². The third kappa shape index (κ3) is 6.34. The number of β-amino-alcohol motifs (C(OH)–C–C–N with tert-alkyl or cyclic N) is 1. The maximum atomic E-state index is 13.1. The van der Waals surface area contributed by atoms with Crippen LogP contribution in [0.3, 0.4) is 0 Å². The van der Waals surface area contributed by atoms with Gasteiger partial charge in [0, 0.05) is 38.3 Å². The Morgan fingerprint density at radius 2 is 2.08 bits per heavy atom. The summed E-state index contributed by atoms with van der Waals surface area (Å²) in [4.78, 5) is 16.9. The number of carbonyl (C=O) groups excluding carboxylic acids is 1. The molecule has 1 amide bonds. The summed E-state index contributed by atoms with van der Waals surface area (Å²) in [5.74, 6) is -0.133. The van der Waals surface area contributed by atoms with Gasteiger partial charge in [0.05, 0.1) is 18.8 Å². The van der Waals surface area contributed by atoms with Crippen molar-refractivity contribution in [2.24, 2.45) is 5.92 Å². The Kier molecular flexibility index (Phi) is 8.00. The molecule has 0 aromatic heterocycles. The van der Waals surface area contributed by atoms with Gasteiger partial charge in [-0.25, -0.2) is 4.39 Å². The van der Waals surface area contributed by atoms with Crippen LogP contribution in [0.1, 0.15) is 37.6 Å². The first-order chi connectivity index (χ1) is 12.4. The van der Waals surface area contributed by atoms with E-state index < -0.39 is 0 Å². The highest BCUT2D eigenvalue weighted by Gasteiger charge is 2.26. The van der Waals surface area contributed by atoms with Crippen molar-refractivity contribution in [3.05, 3.63) is 35.6 Å². The standard InChI is InChI=1S/C20H31FN2O3/c1-4-18(24)12-22-9-10-26-19(13-22)14-23(11-15(2)3)20(25)16-5-7-17(21)8-6-16/h5-8,15,18-19,24H,4,9-14H2,1-3H3/t18-,19+/m0/s1. The molecule has 1 aliphatic heterocycles. The Labute approximate surface area is 155 Å². The van der Waals surface area contributed by atoms with Crippen LogP contribution in [0.2, 0.25) is 0 Å². The van der Waals surface area contributed by atoms with E-state index in [0.29, 0.717) is 44.3 Å². The van der Waals surface area contributed by atoms with E-state index in [-0.39, 0.29) is 23.9 Å². The molecule has 5 nitrogen and oxygen atoms in total. The number of hydrogen-bond donors (Lipinski definition) is 1. The summed E-state index contributed by atoms with van der Waals surface area (Å²) in [6, 6.07) is 5.67. The molecule has 1 aromatic carbocycles. The monoisotopic (exact) mass is 366 g/mol. The molecule has 146 valence electrons. The highest BCUT2D eigenvalue weighted by molar-refractivity contribution is 5.94. The fraction of sp³-hybridized carbons (Fsp3) is 0.650. The van der Waals surface area contributed by atoms with Crippen molar-refractivity contribution in [3.63, 3.8) is 0 Å². The second-order valence-corrected chi connectivity index (χ2v) is 7.43. The molecule has 1 N–H and O–H groups in total. The van der Waals surface area contributed by atoms with Gasteiger partial charge in [-0.1, -0.05) is 20.8 Å². The third-order valence-corrected chi connectivity index (χ3v) is 4.55. The Hall–Kier alpha value is -1.50.